The van der Waals surface area contributed by atoms with E-state index in [0.29, 0.717) is 12.2 Å². The maximum Gasteiger partial charge on any atom is 0.146 e. The minimum atomic E-state index is -0.468. The van der Waals surface area contributed by atoms with Crippen LogP contribution in [0, 0.1) is 5.82 Å². The Morgan fingerprint density at radius 3 is 2.75 bits per heavy atom. The molecule has 0 bridgehead atoms. The molecule has 0 heterocycles. The summed E-state index contributed by atoms with van der Waals surface area (Å²) in [7, 11) is 0. The summed E-state index contributed by atoms with van der Waals surface area (Å²) < 4.78 is 12.9. The number of halogens is 1. The molecule has 0 amide bonds. The van der Waals surface area contributed by atoms with Gasteiger partial charge in [-0.05, 0) is 19.1 Å². The van der Waals surface area contributed by atoms with Gasteiger partial charge in [0, 0.05) is 6.54 Å². The zero-order chi connectivity index (χ0) is 8.97. The molecule has 0 aliphatic heterocycles. The van der Waals surface area contributed by atoms with E-state index in [2.05, 4.69) is 5.32 Å². The van der Waals surface area contributed by atoms with Crippen LogP contribution in [0.1, 0.15) is 6.92 Å². The fourth-order valence-electron chi connectivity index (χ4n) is 0.862. The van der Waals surface area contributed by atoms with Crippen LogP contribution in [0.3, 0.4) is 0 Å². The van der Waals surface area contributed by atoms with Crippen LogP contribution >= 0.6 is 0 Å². The fraction of sp³-hybridized carbons (Fsp3) is 0.333. The molecule has 0 aliphatic rings. The van der Waals surface area contributed by atoms with Gasteiger partial charge in [0.2, 0.25) is 0 Å². The standard InChI is InChI=1S/C9H12FNO/c1-7(12)6-11-9-5-3-2-4-8(9)10/h2-5,7,11-12H,6H2,1H3. The first-order chi connectivity index (χ1) is 5.70. The quantitative estimate of drug-likeness (QED) is 0.720. The number of hydrogen-bond donors (Lipinski definition) is 2. The molecule has 2 nitrogen and oxygen atoms in total. The van der Waals surface area contributed by atoms with Crippen LogP contribution in [-0.2, 0) is 0 Å². The minimum Gasteiger partial charge on any atom is -0.392 e. The normalized spacial score (nSPS) is 12.6. The summed E-state index contributed by atoms with van der Waals surface area (Å²) in [5.41, 5.74) is 0.429. The Morgan fingerprint density at radius 1 is 1.50 bits per heavy atom. The lowest BCUT2D eigenvalue weighted by Crippen LogP contribution is -2.15. The van der Waals surface area contributed by atoms with Gasteiger partial charge in [-0.2, -0.15) is 0 Å². The Labute approximate surface area is 71.0 Å². The van der Waals surface area contributed by atoms with Gasteiger partial charge in [0.05, 0.1) is 11.8 Å². The summed E-state index contributed by atoms with van der Waals surface area (Å²) in [6, 6.07) is 6.39. The third kappa shape index (κ3) is 2.51. The highest BCUT2D eigenvalue weighted by molar-refractivity contribution is 5.44. The van der Waals surface area contributed by atoms with E-state index < -0.39 is 6.10 Å². The smallest absolute Gasteiger partial charge is 0.146 e. The summed E-state index contributed by atoms with van der Waals surface area (Å²) in [5, 5.41) is 11.7. The second-order valence-corrected chi connectivity index (χ2v) is 2.71. The number of aliphatic hydroxyl groups is 1. The monoisotopic (exact) mass is 169 g/mol. The zero-order valence-electron chi connectivity index (χ0n) is 6.92. The Morgan fingerprint density at radius 2 is 2.17 bits per heavy atom. The number of aliphatic hydroxyl groups excluding tert-OH is 1. The summed E-state index contributed by atoms with van der Waals surface area (Å²) >= 11 is 0. The highest BCUT2D eigenvalue weighted by Gasteiger charge is 2.00. The summed E-state index contributed by atoms with van der Waals surface area (Å²) in [4.78, 5) is 0. The van der Waals surface area contributed by atoms with Gasteiger partial charge in [-0.25, -0.2) is 4.39 Å². The maximum atomic E-state index is 12.9. The van der Waals surface area contributed by atoms with Crippen molar-refractivity contribution in [3.05, 3.63) is 30.1 Å². The van der Waals surface area contributed by atoms with E-state index in [1.165, 1.54) is 6.07 Å². The van der Waals surface area contributed by atoms with Crippen molar-refractivity contribution in [2.24, 2.45) is 0 Å². The van der Waals surface area contributed by atoms with Crippen molar-refractivity contribution < 1.29 is 9.50 Å². The molecule has 2 N–H and O–H groups in total. The Hall–Kier alpha value is -1.09. The molecule has 1 atom stereocenters. The van der Waals surface area contributed by atoms with Gasteiger partial charge in [0.25, 0.3) is 0 Å². The third-order valence-electron chi connectivity index (χ3n) is 1.46. The van der Waals surface area contributed by atoms with Crippen LogP contribution in [0.25, 0.3) is 0 Å². The van der Waals surface area contributed by atoms with Crippen molar-refractivity contribution >= 4 is 5.69 Å². The predicted octanol–water partition coefficient (Wildman–Crippen LogP) is 1.62. The molecule has 1 aromatic carbocycles. The minimum absolute atomic E-state index is 0.293. The molecule has 0 saturated carbocycles. The molecule has 12 heavy (non-hydrogen) atoms. The predicted molar refractivity (Wildman–Crippen MR) is 46.6 cm³/mol. The molecule has 1 unspecified atom stereocenters. The van der Waals surface area contributed by atoms with E-state index in [-0.39, 0.29) is 5.82 Å². The first kappa shape index (κ1) is 9.00. The highest BCUT2D eigenvalue weighted by Crippen LogP contribution is 2.11. The second-order valence-electron chi connectivity index (χ2n) is 2.71. The SMILES string of the molecule is CC(O)CNc1ccccc1F. The molecule has 0 fully saturated rings. The molecule has 66 valence electrons. The largest absolute Gasteiger partial charge is 0.392 e. The van der Waals surface area contributed by atoms with E-state index in [9.17, 15) is 4.39 Å². The molecule has 0 saturated heterocycles. The van der Waals surface area contributed by atoms with Gasteiger partial charge in [-0.15, -0.1) is 0 Å². The van der Waals surface area contributed by atoms with Crippen molar-refractivity contribution in [1.29, 1.82) is 0 Å². The summed E-state index contributed by atoms with van der Waals surface area (Å²) in [6.45, 7) is 2.01. The van der Waals surface area contributed by atoms with Gasteiger partial charge in [0.15, 0.2) is 0 Å². The van der Waals surface area contributed by atoms with Crippen molar-refractivity contribution in [1.82, 2.24) is 0 Å². The Kier molecular flexibility index (Phi) is 3.05. The number of para-hydroxylation sites is 1. The average molecular weight is 169 g/mol. The lowest BCUT2D eigenvalue weighted by atomic mass is 10.3. The zero-order valence-corrected chi connectivity index (χ0v) is 6.92. The number of anilines is 1. The lowest BCUT2D eigenvalue weighted by Gasteiger charge is -2.08. The van der Waals surface area contributed by atoms with Gasteiger partial charge in [0.1, 0.15) is 5.82 Å². The van der Waals surface area contributed by atoms with Crippen molar-refractivity contribution in [3.8, 4) is 0 Å². The number of benzene rings is 1. The van der Waals surface area contributed by atoms with Crippen LogP contribution in [0.4, 0.5) is 10.1 Å². The van der Waals surface area contributed by atoms with E-state index in [1.807, 2.05) is 0 Å². The number of rotatable bonds is 3. The maximum absolute atomic E-state index is 12.9. The van der Waals surface area contributed by atoms with E-state index in [1.54, 1.807) is 25.1 Å². The average Bonchev–Trinajstić information content (AvgIpc) is 2.03. The molecule has 0 aromatic heterocycles. The van der Waals surface area contributed by atoms with Crippen molar-refractivity contribution in [2.75, 3.05) is 11.9 Å². The molecule has 1 rings (SSSR count). The molecule has 1 aromatic rings. The third-order valence-corrected chi connectivity index (χ3v) is 1.46. The van der Waals surface area contributed by atoms with Crippen LogP contribution in [0.5, 0.6) is 0 Å². The Balaban J connectivity index is 2.57. The molecule has 0 spiro atoms. The fourth-order valence-corrected chi connectivity index (χ4v) is 0.862. The van der Waals surface area contributed by atoms with Gasteiger partial charge in [-0.3, -0.25) is 0 Å². The number of nitrogens with one attached hydrogen (secondary N) is 1. The van der Waals surface area contributed by atoms with E-state index in [4.69, 9.17) is 5.11 Å². The van der Waals surface area contributed by atoms with Crippen LogP contribution in [-0.4, -0.2) is 17.8 Å². The first-order valence-corrected chi connectivity index (χ1v) is 3.86. The van der Waals surface area contributed by atoms with Gasteiger partial charge >= 0.3 is 0 Å². The van der Waals surface area contributed by atoms with Gasteiger partial charge in [-0.1, -0.05) is 12.1 Å². The first-order valence-electron chi connectivity index (χ1n) is 3.86. The van der Waals surface area contributed by atoms with E-state index >= 15 is 0 Å². The van der Waals surface area contributed by atoms with E-state index in [0.717, 1.165) is 0 Å². The second kappa shape index (κ2) is 4.07. The molecular formula is C9H12FNO. The molecule has 0 aliphatic carbocycles. The molecular weight excluding hydrogens is 157 g/mol. The number of hydrogen-bond acceptors (Lipinski definition) is 2. The van der Waals surface area contributed by atoms with Crippen LogP contribution < -0.4 is 5.32 Å². The van der Waals surface area contributed by atoms with Crippen molar-refractivity contribution in [3.63, 3.8) is 0 Å². The van der Waals surface area contributed by atoms with Gasteiger partial charge < -0.3 is 10.4 Å². The molecule has 3 heteroatoms. The van der Waals surface area contributed by atoms with Crippen LogP contribution in [0.2, 0.25) is 0 Å². The summed E-state index contributed by atoms with van der Waals surface area (Å²) in [5.74, 6) is -0.293. The lowest BCUT2D eigenvalue weighted by molar-refractivity contribution is 0.208. The Bertz CT molecular complexity index is 250. The topological polar surface area (TPSA) is 32.3 Å². The summed E-state index contributed by atoms with van der Waals surface area (Å²) in [6.07, 6.45) is -0.468. The molecule has 0 radical (unpaired) electrons. The van der Waals surface area contributed by atoms with Crippen LogP contribution in [0.15, 0.2) is 24.3 Å². The van der Waals surface area contributed by atoms with Crippen molar-refractivity contribution in [2.45, 2.75) is 13.0 Å². The highest BCUT2D eigenvalue weighted by atomic mass is 19.1.